The Kier molecular flexibility index (Phi) is 62.0. The highest BCUT2D eigenvalue weighted by molar-refractivity contribution is 5.99. The van der Waals surface area contributed by atoms with Crippen LogP contribution in [0, 0.1) is 17.8 Å². The van der Waals surface area contributed by atoms with Crippen molar-refractivity contribution in [1.82, 2.24) is 73.4 Å². The Hall–Kier alpha value is -10.5. The van der Waals surface area contributed by atoms with E-state index in [1.54, 1.807) is 27.7 Å². The Morgan fingerprint density at radius 2 is 1.03 bits per heavy atom. The molecule has 1 aromatic carbocycles. The summed E-state index contributed by atoms with van der Waals surface area (Å²) in [6, 6.07) is -9.37. The molecule has 19 N–H and O–H groups in total. The van der Waals surface area contributed by atoms with Gasteiger partial charge in [0.25, 0.3) is 0 Å². The normalized spacial score (nSPS) is 17.8. The number of aromatic hydroxyl groups is 1. The van der Waals surface area contributed by atoms with Gasteiger partial charge in [-0.3, -0.25) is 71.9 Å². The SMILES string of the molecule is CCCCCCCCCCCCCC(=O)N[C@@H](CO[C@H]1O[C@@H](CO)[C@H](NC(=O)C[C@H](CCCCCCCCCCC)OC(=O)CCCCCCCCCCCCC)[C@@H](O)[C@@H]1O)C(=O)NCCC(=O)N[C@@H](CCC(=O)O)C(=O)N[C@H](C(=O)N[C@@H](CC(=O)O)C(=O)N1CCC[C@H]1C(=O)N[C@H](C(=O)NCC(=O)N[C@@H](Cc1cnc[nH]1)C(=O)N[C@@H](CC(C)C)C(=O)N[C@@H](Cc1ccc(O)cc1)C(=O)O)[C@@H](C)CC)C(C)C. The Morgan fingerprint density at radius 1 is 0.500 bits per heavy atom. The van der Waals surface area contributed by atoms with Gasteiger partial charge in [0, 0.05) is 63.5 Å². The van der Waals surface area contributed by atoms with Gasteiger partial charge in [-0.1, -0.05) is 261 Å². The predicted molar refractivity (Wildman–Crippen MR) is 530 cm³/mol. The lowest BCUT2D eigenvalue weighted by Crippen LogP contribution is -2.65. The molecule has 0 aliphatic carbocycles. The standard InChI is InChI=1S/C102H170N14O26/c1-10-14-17-20-23-26-28-31-34-37-40-45-81(119)109-78(64-140-102-92(129)91(128)90(80(63-117)142-102)113-83(121)59-72(43-39-36-33-30-25-22-19-16-12-3)141-87(127)46-41-38-35-32-29-27-24-21-18-15-11-2)93(130)104-54-53-82(120)107-73(51-52-85(123)124)94(131)114-88(67(7)8)99(136)111-76(60-86(125)126)100(137)116-55-42-44-79(116)97(134)115-89(68(9)13-4)98(135)105-62-84(122)108-75(58-70-61-103-65-106-70)96(133)110-74(56-66(5)6)95(132)112-77(101(138)139)57-69-47-49-71(118)50-48-69/h47-50,61,65-68,72-80,88-92,102,117-118,128-129H,10-46,51-60,62-64H2,1-9H3,(H,103,106)(H,104,130)(H,105,135)(H,107,120)(H,108,122)(H,109,119)(H,110,133)(H,111,136)(H,112,132)(H,113,121)(H,114,131)(H,115,134)(H,123,124)(H,125,126)(H,138,139)/t68-,72-,73-,74-,75-,76-,77-,78-,79-,80-,88-,89-,90-,91+,92-,102-/m0/s1. The van der Waals surface area contributed by atoms with E-state index in [2.05, 4.69) is 89.2 Å². The van der Waals surface area contributed by atoms with Crippen molar-refractivity contribution < 1.29 is 127 Å². The maximum absolute atomic E-state index is 14.6. The zero-order valence-electron chi connectivity index (χ0n) is 85.5. The van der Waals surface area contributed by atoms with Gasteiger partial charge >= 0.3 is 23.9 Å². The van der Waals surface area contributed by atoms with Gasteiger partial charge in [0.2, 0.25) is 70.9 Å². The number of imidazole rings is 1. The first-order valence-corrected chi connectivity index (χ1v) is 52.3. The van der Waals surface area contributed by atoms with Crippen LogP contribution in [0.15, 0.2) is 36.8 Å². The largest absolute Gasteiger partial charge is 0.508 e. The molecule has 2 saturated heterocycles. The van der Waals surface area contributed by atoms with Crippen molar-refractivity contribution in [3.8, 4) is 5.75 Å². The van der Waals surface area contributed by atoms with Crippen LogP contribution in [-0.4, -0.2) is 269 Å². The van der Waals surface area contributed by atoms with E-state index in [-0.39, 0.29) is 76.0 Å². The molecule has 12 amide bonds. The third-order valence-electron chi connectivity index (χ3n) is 25.8. The zero-order valence-corrected chi connectivity index (χ0v) is 85.5. The van der Waals surface area contributed by atoms with Gasteiger partial charge < -0.3 is 118 Å². The number of H-pyrrole nitrogens is 1. The maximum Gasteiger partial charge on any atom is 0.326 e. The van der Waals surface area contributed by atoms with Crippen LogP contribution in [0.4, 0.5) is 0 Å². The molecule has 1 aromatic heterocycles. The molecular weight excluding hydrogens is 1840 g/mol. The molecule has 0 bridgehead atoms. The van der Waals surface area contributed by atoms with E-state index in [1.807, 2.05) is 0 Å². The van der Waals surface area contributed by atoms with E-state index in [0.717, 1.165) is 108 Å². The Morgan fingerprint density at radius 3 is 1.56 bits per heavy atom. The quantitative estimate of drug-likeness (QED) is 0.0219. The number of ether oxygens (including phenoxy) is 3. The van der Waals surface area contributed by atoms with Gasteiger partial charge in [0.1, 0.15) is 84.5 Å². The van der Waals surface area contributed by atoms with Crippen molar-refractivity contribution in [3.63, 3.8) is 0 Å². The number of phenols is 1. The molecule has 2 aliphatic rings. The first-order chi connectivity index (χ1) is 67.9. The summed E-state index contributed by atoms with van der Waals surface area (Å²) in [4.78, 5) is 228. The number of aliphatic carboxylic acids is 3. The number of nitrogens with one attached hydrogen (secondary N) is 12. The number of aromatic nitrogens is 2. The van der Waals surface area contributed by atoms with Crippen molar-refractivity contribution >= 4 is 94.8 Å². The van der Waals surface area contributed by atoms with Crippen LogP contribution in [-0.2, 0) is 104 Å². The van der Waals surface area contributed by atoms with Gasteiger partial charge in [-0.2, -0.15) is 0 Å². The molecule has 40 heteroatoms. The number of aromatic amines is 1. The van der Waals surface area contributed by atoms with Gasteiger partial charge in [0.15, 0.2) is 6.29 Å². The first kappa shape index (κ1) is 124. The van der Waals surface area contributed by atoms with Crippen LogP contribution in [0.1, 0.15) is 350 Å². The van der Waals surface area contributed by atoms with E-state index < -0.39 is 250 Å². The van der Waals surface area contributed by atoms with Crippen molar-refractivity contribution in [2.75, 3.05) is 32.8 Å². The van der Waals surface area contributed by atoms with Gasteiger partial charge in [0.05, 0.1) is 45.0 Å². The van der Waals surface area contributed by atoms with Crippen LogP contribution in [0.5, 0.6) is 5.75 Å². The average molecular weight is 2010 g/mol. The highest BCUT2D eigenvalue weighted by Gasteiger charge is 2.47. The Balaban J connectivity index is 1.45. The summed E-state index contributed by atoms with van der Waals surface area (Å²) in [5.74, 6) is -17.2. The third-order valence-corrected chi connectivity index (χ3v) is 25.8. The molecule has 804 valence electrons. The molecule has 16 atom stereocenters. The van der Waals surface area contributed by atoms with E-state index in [0.29, 0.717) is 43.4 Å². The summed E-state index contributed by atoms with van der Waals surface area (Å²) < 4.78 is 17.8. The molecule has 40 nitrogen and oxygen atoms in total. The third kappa shape index (κ3) is 50.2. The summed E-state index contributed by atoms with van der Waals surface area (Å²) in [7, 11) is 0. The fourth-order valence-corrected chi connectivity index (χ4v) is 17.3. The number of aliphatic hydroxyl groups excluding tert-OH is 3. The summed E-state index contributed by atoms with van der Waals surface area (Å²) in [6.07, 6.45) is 25.2. The lowest BCUT2D eigenvalue weighted by atomic mass is 9.95. The molecule has 142 heavy (non-hydrogen) atoms. The van der Waals surface area contributed by atoms with Crippen molar-refractivity contribution in [3.05, 3.63) is 48.0 Å². The summed E-state index contributed by atoms with van der Waals surface area (Å²) in [5.41, 5.74) is 0.856. The fourth-order valence-electron chi connectivity index (χ4n) is 17.3. The number of esters is 1. The second-order valence-electron chi connectivity index (χ2n) is 38.9. The number of benzene rings is 1. The minimum absolute atomic E-state index is 0.00666. The zero-order chi connectivity index (χ0) is 105. The number of carboxylic acid groups (broad SMARTS) is 3. The van der Waals surface area contributed by atoms with E-state index in [9.17, 15) is 112 Å². The van der Waals surface area contributed by atoms with Gasteiger partial charge in [-0.05, 0) is 86.8 Å². The second-order valence-corrected chi connectivity index (χ2v) is 38.9. The highest BCUT2D eigenvalue weighted by Crippen LogP contribution is 2.27. The number of unbranched alkanes of at least 4 members (excludes halogenated alkanes) is 28. The Labute approximate surface area is 837 Å². The average Bonchev–Trinajstić information content (AvgIpc) is 1.19. The molecule has 3 heterocycles. The van der Waals surface area contributed by atoms with Crippen molar-refractivity contribution in [2.24, 2.45) is 17.8 Å². The molecule has 0 unspecified atom stereocenters. The van der Waals surface area contributed by atoms with E-state index in [4.69, 9.17) is 14.2 Å². The minimum Gasteiger partial charge on any atom is -0.508 e. The summed E-state index contributed by atoms with van der Waals surface area (Å²) in [5, 5.41) is 102. The van der Waals surface area contributed by atoms with E-state index >= 15 is 0 Å². The number of likely N-dealkylation sites (tertiary alicyclic amines) is 1. The molecular formula is C102H170N14O26. The molecule has 0 saturated carbocycles. The Bertz CT molecular complexity index is 4100. The lowest BCUT2D eigenvalue weighted by molar-refractivity contribution is -0.280. The number of carbonyl (C=O) groups is 16. The summed E-state index contributed by atoms with van der Waals surface area (Å²) >= 11 is 0. The predicted octanol–water partition coefficient (Wildman–Crippen LogP) is 8.13. The van der Waals surface area contributed by atoms with Crippen molar-refractivity contribution in [2.45, 2.75) is 442 Å². The van der Waals surface area contributed by atoms with Crippen LogP contribution >= 0.6 is 0 Å². The number of nitrogens with zero attached hydrogens (tertiary/aromatic N) is 2. The lowest BCUT2D eigenvalue weighted by Gasteiger charge is -2.42. The van der Waals surface area contributed by atoms with Crippen LogP contribution < -0.4 is 58.5 Å². The number of hydrogen-bond donors (Lipinski definition) is 19. The smallest absolute Gasteiger partial charge is 0.326 e. The number of carboxylic acids is 3. The first-order valence-electron chi connectivity index (χ1n) is 52.3. The van der Waals surface area contributed by atoms with Gasteiger partial charge in [-0.25, -0.2) is 9.78 Å². The minimum atomic E-state index is -1.92. The number of amides is 12. The fraction of sp³-hybridized carbons (Fsp3) is 0.755. The molecule has 2 aromatic rings. The molecule has 4 rings (SSSR count). The van der Waals surface area contributed by atoms with E-state index in [1.165, 1.54) is 121 Å². The number of hydrogen-bond acceptors (Lipinski definition) is 24. The number of phenolic OH excluding ortho intramolecular Hbond substituents is 1. The van der Waals surface area contributed by atoms with Crippen LogP contribution in [0.2, 0.25) is 0 Å². The topological polar surface area (TPSA) is 607 Å². The number of aliphatic hydroxyl groups is 3. The van der Waals surface area contributed by atoms with Crippen molar-refractivity contribution in [1.29, 1.82) is 0 Å². The number of rotatable bonds is 78. The molecule has 2 fully saturated rings. The van der Waals surface area contributed by atoms with Crippen LogP contribution in [0.25, 0.3) is 0 Å². The maximum atomic E-state index is 14.6. The monoisotopic (exact) mass is 2010 g/mol. The molecule has 0 radical (unpaired) electrons. The summed E-state index contributed by atoms with van der Waals surface area (Å²) in [6.45, 7) is 13.5. The highest BCUT2D eigenvalue weighted by atomic mass is 16.7. The molecule has 2 aliphatic heterocycles. The van der Waals surface area contributed by atoms with Gasteiger partial charge in [-0.15, -0.1) is 0 Å². The number of carbonyl (C=O) groups excluding carboxylic acids is 13. The molecule has 0 spiro atoms. The second kappa shape index (κ2) is 71.1. The van der Waals surface area contributed by atoms with Crippen LogP contribution in [0.3, 0.4) is 0 Å².